The molecule has 0 radical (unpaired) electrons. The Morgan fingerprint density at radius 1 is 0.343 bits per heavy atom. The van der Waals surface area contributed by atoms with Crippen molar-refractivity contribution < 1.29 is 47.4 Å². The molecule has 0 aliphatic rings. The summed E-state index contributed by atoms with van der Waals surface area (Å²) >= 11 is 3.30. The van der Waals surface area contributed by atoms with Crippen molar-refractivity contribution in [1.82, 2.24) is 5.32 Å². The molecule has 0 saturated carbocycles. The first-order valence-corrected chi connectivity index (χ1v) is 13.5. The molecule has 0 aliphatic carbocycles. The Bertz CT molecular complexity index is 343. The second kappa shape index (κ2) is 34.0. The van der Waals surface area contributed by atoms with E-state index in [2.05, 4.69) is 21.2 Å². The summed E-state index contributed by atoms with van der Waals surface area (Å²) in [5.41, 5.74) is 0. The number of halogens is 1. The summed E-state index contributed by atoms with van der Waals surface area (Å²) in [4.78, 5) is 0. The zero-order valence-electron chi connectivity index (χ0n) is 21.5. The van der Waals surface area contributed by atoms with Gasteiger partial charge in [0.1, 0.15) is 0 Å². The summed E-state index contributed by atoms with van der Waals surface area (Å²) in [6.07, 6.45) is 0. The molecule has 0 spiro atoms. The van der Waals surface area contributed by atoms with Gasteiger partial charge in [0, 0.05) is 11.9 Å². The molecule has 0 heterocycles. The fraction of sp³-hybridized carbons (Fsp3) is 1.00. The van der Waals surface area contributed by atoms with E-state index in [0.717, 1.165) is 11.9 Å². The van der Waals surface area contributed by atoms with Gasteiger partial charge in [-0.2, -0.15) is 0 Å². The maximum Gasteiger partial charge on any atom is 0.0701 e. The summed E-state index contributed by atoms with van der Waals surface area (Å²) in [5.74, 6) is 0. The molecule has 1 N–H and O–H groups in total. The van der Waals surface area contributed by atoms with Gasteiger partial charge in [-0.3, -0.25) is 0 Å². The van der Waals surface area contributed by atoms with Crippen molar-refractivity contribution in [2.75, 3.05) is 151 Å². The standard InChI is InChI=1S/C23H48BrNO10/c1-25-3-5-27-7-9-29-11-13-31-15-17-33-19-21-35-23-22-34-20-18-32-16-14-30-12-10-28-8-6-26-4-2-24/h25H,2-23H2,1H3. The van der Waals surface area contributed by atoms with E-state index in [0.29, 0.717) is 132 Å². The minimum Gasteiger partial charge on any atom is -0.378 e. The minimum atomic E-state index is 0.528. The average Bonchev–Trinajstić information content (AvgIpc) is 2.87. The highest BCUT2D eigenvalue weighted by Crippen LogP contribution is 1.87. The van der Waals surface area contributed by atoms with Crippen LogP contribution in [0.5, 0.6) is 0 Å². The van der Waals surface area contributed by atoms with Crippen molar-refractivity contribution in [3.05, 3.63) is 0 Å². The van der Waals surface area contributed by atoms with Crippen LogP contribution in [-0.4, -0.2) is 151 Å². The molecular weight excluding hydrogens is 530 g/mol. The molecule has 0 bridgehead atoms. The lowest BCUT2D eigenvalue weighted by atomic mass is 10.6. The van der Waals surface area contributed by atoms with Gasteiger partial charge in [0.05, 0.1) is 132 Å². The Hall–Kier alpha value is 0.0400. The van der Waals surface area contributed by atoms with Crippen LogP contribution >= 0.6 is 15.9 Å². The molecular formula is C23H48BrNO10. The lowest BCUT2D eigenvalue weighted by molar-refractivity contribution is -0.0261. The van der Waals surface area contributed by atoms with Crippen LogP contribution in [0.2, 0.25) is 0 Å². The number of hydrogen-bond donors (Lipinski definition) is 1. The Kier molecular flexibility index (Phi) is 34.1. The highest BCUT2D eigenvalue weighted by atomic mass is 79.9. The number of ether oxygens (including phenoxy) is 10. The fourth-order valence-corrected chi connectivity index (χ4v) is 2.54. The molecule has 0 saturated heterocycles. The van der Waals surface area contributed by atoms with Crippen LogP contribution in [0.15, 0.2) is 0 Å². The lowest BCUT2D eigenvalue weighted by Crippen LogP contribution is -2.17. The lowest BCUT2D eigenvalue weighted by Gasteiger charge is -2.09. The molecule has 0 atom stereocenters. The van der Waals surface area contributed by atoms with Crippen LogP contribution in [0.1, 0.15) is 0 Å². The third-order valence-corrected chi connectivity index (χ3v) is 4.39. The van der Waals surface area contributed by atoms with E-state index < -0.39 is 0 Å². The topological polar surface area (TPSA) is 104 Å². The second-order valence-electron chi connectivity index (χ2n) is 6.92. The van der Waals surface area contributed by atoms with Crippen molar-refractivity contribution in [1.29, 1.82) is 0 Å². The minimum absolute atomic E-state index is 0.528. The van der Waals surface area contributed by atoms with Crippen LogP contribution < -0.4 is 5.32 Å². The number of hydrogen-bond acceptors (Lipinski definition) is 11. The van der Waals surface area contributed by atoms with Gasteiger partial charge in [-0.1, -0.05) is 15.9 Å². The van der Waals surface area contributed by atoms with Crippen molar-refractivity contribution in [3.8, 4) is 0 Å². The SMILES string of the molecule is CNCCOCCOCCOCCOCCOCCOCCOCCOCCOCCOCCBr. The Morgan fingerprint density at radius 2 is 0.543 bits per heavy atom. The molecule has 11 nitrogen and oxygen atoms in total. The smallest absolute Gasteiger partial charge is 0.0701 e. The van der Waals surface area contributed by atoms with E-state index in [1.165, 1.54) is 0 Å². The van der Waals surface area contributed by atoms with Crippen molar-refractivity contribution >= 4 is 15.9 Å². The molecule has 0 aromatic carbocycles. The van der Waals surface area contributed by atoms with E-state index in [9.17, 15) is 0 Å². The molecule has 0 aromatic heterocycles. The Balaban J connectivity index is 3.00. The number of nitrogens with one attached hydrogen (secondary N) is 1. The zero-order chi connectivity index (χ0) is 25.3. The third kappa shape index (κ3) is 34.0. The van der Waals surface area contributed by atoms with Crippen molar-refractivity contribution in [2.45, 2.75) is 0 Å². The van der Waals surface area contributed by atoms with Crippen LogP contribution in [0.4, 0.5) is 0 Å². The van der Waals surface area contributed by atoms with E-state index in [1.807, 2.05) is 7.05 Å². The molecule has 0 aromatic rings. The van der Waals surface area contributed by atoms with Gasteiger partial charge in [-0.15, -0.1) is 0 Å². The first kappa shape index (κ1) is 35.0. The molecule has 0 unspecified atom stereocenters. The summed E-state index contributed by atoms with van der Waals surface area (Å²) in [6.45, 7) is 12.2. The third-order valence-electron chi connectivity index (χ3n) is 4.07. The highest BCUT2D eigenvalue weighted by Gasteiger charge is 1.95. The van der Waals surface area contributed by atoms with E-state index in [1.54, 1.807) is 0 Å². The fourth-order valence-electron chi connectivity index (χ4n) is 2.31. The molecule has 12 heteroatoms. The zero-order valence-corrected chi connectivity index (χ0v) is 23.1. The molecule has 0 rings (SSSR count). The number of rotatable bonds is 32. The van der Waals surface area contributed by atoms with Crippen LogP contribution in [0, 0.1) is 0 Å². The summed E-state index contributed by atoms with van der Waals surface area (Å²) in [7, 11) is 1.90. The monoisotopic (exact) mass is 577 g/mol. The van der Waals surface area contributed by atoms with E-state index in [-0.39, 0.29) is 0 Å². The van der Waals surface area contributed by atoms with Crippen LogP contribution in [0.25, 0.3) is 0 Å². The number of alkyl halides is 1. The van der Waals surface area contributed by atoms with Crippen molar-refractivity contribution in [2.24, 2.45) is 0 Å². The van der Waals surface area contributed by atoms with Crippen LogP contribution in [0.3, 0.4) is 0 Å². The van der Waals surface area contributed by atoms with Crippen LogP contribution in [-0.2, 0) is 47.4 Å². The normalized spacial score (nSPS) is 11.5. The Morgan fingerprint density at radius 3 is 0.743 bits per heavy atom. The summed E-state index contributed by atoms with van der Waals surface area (Å²) < 4.78 is 54.0. The summed E-state index contributed by atoms with van der Waals surface area (Å²) in [6, 6.07) is 0. The van der Waals surface area contributed by atoms with Gasteiger partial charge in [0.15, 0.2) is 0 Å². The predicted octanol–water partition coefficient (Wildman–Crippen LogP) is 0.767. The van der Waals surface area contributed by atoms with Gasteiger partial charge in [0.25, 0.3) is 0 Å². The van der Waals surface area contributed by atoms with Crippen molar-refractivity contribution in [3.63, 3.8) is 0 Å². The highest BCUT2D eigenvalue weighted by molar-refractivity contribution is 9.09. The van der Waals surface area contributed by atoms with Gasteiger partial charge in [-0.05, 0) is 7.05 Å². The van der Waals surface area contributed by atoms with Gasteiger partial charge >= 0.3 is 0 Å². The maximum absolute atomic E-state index is 5.45. The molecule has 212 valence electrons. The first-order chi connectivity index (χ1) is 17.4. The first-order valence-electron chi connectivity index (χ1n) is 12.4. The van der Waals surface area contributed by atoms with E-state index in [4.69, 9.17) is 47.4 Å². The predicted molar refractivity (Wildman–Crippen MR) is 136 cm³/mol. The number of likely N-dealkylation sites (N-methyl/N-ethyl adjacent to an activating group) is 1. The second-order valence-corrected chi connectivity index (χ2v) is 7.71. The Labute approximate surface area is 219 Å². The van der Waals surface area contributed by atoms with Gasteiger partial charge < -0.3 is 52.7 Å². The average molecular weight is 579 g/mol. The molecule has 35 heavy (non-hydrogen) atoms. The molecule has 0 aliphatic heterocycles. The van der Waals surface area contributed by atoms with Gasteiger partial charge in [0.2, 0.25) is 0 Å². The van der Waals surface area contributed by atoms with Gasteiger partial charge in [-0.25, -0.2) is 0 Å². The quantitative estimate of drug-likeness (QED) is 0.0905. The summed E-state index contributed by atoms with van der Waals surface area (Å²) in [5, 5.41) is 3.86. The molecule has 0 amide bonds. The van der Waals surface area contributed by atoms with E-state index >= 15 is 0 Å². The maximum atomic E-state index is 5.45. The largest absolute Gasteiger partial charge is 0.378 e. The molecule has 0 fully saturated rings.